The lowest BCUT2D eigenvalue weighted by atomic mass is 9.75. The van der Waals surface area contributed by atoms with Crippen LogP contribution in [0.5, 0.6) is 0 Å². The zero-order chi connectivity index (χ0) is 15.0. The number of hydrogen-bond donors (Lipinski definition) is 1. The van der Waals surface area contributed by atoms with Crippen LogP contribution in [0.3, 0.4) is 0 Å². The average molecular weight is 313 g/mol. The first-order chi connectivity index (χ1) is 10.8. The molecule has 0 radical (unpaired) electrons. The Morgan fingerprint density at radius 2 is 1.77 bits per heavy atom. The van der Waals surface area contributed by atoms with E-state index in [1.165, 1.54) is 29.7 Å². The number of nitrogens with one attached hydrogen (secondary N) is 1. The summed E-state index contributed by atoms with van der Waals surface area (Å²) in [5, 5.41) is 4.43. The van der Waals surface area contributed by atoms with Crippen molar-refractivity contribution < 1.29 is 0 Å². The molecule has 3 heteroatoms. The van der Waals surface area contributed by atoms with Gasteiger partial charge >= 0.3 is 0 Å². The number of halogens is 1. The van der Waals surface area contributed by atoms with E-state index in [0.717, 1.165) is 31.2 Å². The maximum Gasteiger partial charge on any atom is 0.0465 e. The fraction of sp³-hybridized carbons (Fsp3) is 0.368. The molecule has 114 valence electrons. The first-order valence-electron chi connectivity index (χ1n) is 8.07. The predicted molar refractivity (Wildman–Crippen MR) is 92.7 cm³/mol. The molecule has 0 amide bonds. The molecule has 2 aromatic rings. The molecule has 1 fully saturated rings. The number of nitrogens with zero attached hydrogens (tertiary/aromatic N) is 1. The third-order valence-electron chi connectivity index (χ3n) is 5.13. The summed E-state index contributed by atoms with van der Waals surface area (Å²) in [6.07, 6.45) is 2.35. The summed E-state index contributed by atoms with van der Waals surface area (Å²) < 4.78 is 0. The largest absolute Gasteiger partial charge is 0.366 e. The van der Waals surface area contributed by atoms with Crippen molar-refractivity contribution in [3.05, 3.63) is 64.7 Å². The first kappa shape index (κ1) is 14.1. The van der Waals surface area contributed by atoms with Gasteiger partial charge in [-0.2, -0.15) is 0 Å². The number of benzene rings is 2. The molecule has 2 aliphatic rings. The number of hydrogen-bond acceptors (Lipinski definition) is 2. The second-order valence-electron chi connectivity index (χ2n) is 6.51. The van der Waals surface area contributed by atoms with E-state index in [9.17, 15) is 0 Å². The summed E-state index contributed by atoms with van der Waals surface area (Å²) in [5.74, 6) is 0. The van der Waals surface area contributed by atoms with Gasteiger partial charge in [-0.25, -0.2) is 0 Å². The fourth-order valence-electron chi connectivity index (χ4n) is 4.09. The molecule has 0 unspecified atom stereocenters. The molecule has 0 atom stereocenters. The second-order valence-corrected chi connectivity index (χ2v) is 6.91. The monoisotopic (exact) mass is 312 g/mol. The van der Waals surface area contributed by atoms with Crippen molar-refractivity contribution in [2.45, 2.75) is 24.8 Å². The summed E-state index contributed by atoms with van der Waals surface area (Å²) in [4.78, 5) is 2.52. The van der Waals surface area contributed by atoms with Gasteiger partial charge in [-0.3, -0.25) is 0 Å². The lowest BCUT2D eigenvalue weighted by molar-refractivity contribution is 0.325. The van der Waals surface area contributed by atoms with Crippen LogP contribution in [0.2, 0.25) is 5.02 Å². The van der Waals surface area contributed by atoms with Crippen LogP contribution >= 0.6 is 11.6 Å². The standard InChI is InChI=1S/C19H21ClN2/c20-16-7-4-8-17-18(16)19(9-11-21-12-10-19)14-22(17)13-15-5-2-1-3-6-15/h1-8,21H,9-14H2. The molecule has 2 nitrogen and oxygen atoms in total. The molecule has 1 saturated heterocycles. The summed E-state index contributed by atoms with van der Waals surface area (Å²) in [6.45, 7) is 4.22. The molecule has 1 N–H and O–H groups in total. The van der Waals surface area contributed by atoms with Crippen LogP contribution in [0.25, 0.3) is 0 Å². The summed E-state index contributed by atoms with van der Waals surface area (Å²) in [5.41, 5.74) is 4.31. The quantitative estimate of drug-likeness (QED) is 0.902. The van der Waals surface area contributed by atoms with Gasteiger partial charge in [0.2, 0.25) is 0 Å². The molecule has 0 aliphatic carbocycles. The van der Waals surface area contributed by atoms with E-state index in [4.69, 9.17) is 11.6 Å². The molecule has 2 aromatic carbocycles. The molecule has 1 spiro atoms. The van der Waals surface area contributed by atoms with Crippen molar-refractivity contribution in [2.75, 3.05) is 24.5 Å². The maximum atomic E-state index is 6.61. The van der Waals surface area contributed by atoms with Gasteiger partial charge in [0.15, 0.2) is 0 Å². The highest BCUT2D eigenvalue weighted by atomic mass is 35.5. The number of anilines is 1. The number of rotatable bonds is 2. The minimum absolute atomic E-state index is 0.230. The van der Waals surface area contributed by atoms with Crippen molar-refractivity contribution >= 4 is 17.3 Å². The van der Waals surface area contributed by atoms with E-state index >= 15 is 0 Å². The Bertz CT molecular complexity index is 662. The average Bonchev–Trinajstić information content (AvgIpc) is 2.84. The Kier molecular flexibility index (Phi) is 3.59. The minimum Gasteiger partial charge on any atom is -0.366 e. The minimum atomic E-state index is 0.230. The van der Waals surface area contributed by atoms with Crippen LogP contribution in [0.4, 0.5) is 5.69 Å². The number of fused-ring (bicyclic) bond motifs is 2. The Balaban J connectivity index is 1.72. The second kappa shape index (κ2) is 5.60. The molecule has 2 aliphatic heterocycles. The van der Waals surface area contributed by atoms with Gasteiger partial charge in [-0.1, -0.05) is 48.0 Å². The highest BCUT2D eigenvalue weighted by Crippen LogP contribution is 2.49. The first-order valence-corrected chi connectivity index (χ1v) is 8.45. The number of piperidine rings is 1. The molecule has 0 saturated carbocycles. The van der Waals surface area contributed by atoms with E-state index < -0.39 is 0 Å². The SMILES string of the molecule is Clc1cccc2c1C1(CCNCC1)CN2Cc1ccccc1. The molecular weight excluding hydrogens is 292 g/mol. The van der Waals surface area contributed by atoms with E-state index in [0.29, 0.717) is 0 Å². The van der Waals surface area contributed by atoms with Crippen LogP contribution in [-0.4, -0.2) is 19.6 Å². The maximum absolute atomic E-state index is 6.61. The Hall–Kier alpha value is -1.51. The molecular formula is C19H21ClN2. The van der Waals surface area contributed by atoms with Crippen molar-refractivity contribution in [1.82, 2.24) is 5.32 Å². The topological polar surface area (TPSA) is 15.3 Å². The molecule has 2 heterocycles. The van der Waals surface area contributed by atoms with E-state index in [1.807, 2.05) is 0 Å². The smallest absolute Gasteiger partial charge is 0.0465 e. The van der Waals surface area contributed by atoms with E-state index in [2.05, 4.69) is 58.7 Å². The Labute approximate surface area is 137 Å². The van der Waals surface area contributed by atoms with Crippen LogP contribution < -0.4 is 10.2 Å². The fourth-order valence-corrected chi connectivity index (χ4v) is 4.46. The predicted octanol–water partition coefficient (Wildman–Crippen LogP) is 3.98. The van der Waals surface area contributed by atoms with Crippen LogP contribution in [0.15, 0.2) is 48.5 Å². The van der Waals surface area contributed by atoms with Crippen LogP contribution in [0, 0.1) is 0 Å². The highest BCUT2D eigenvalue weighted by molar-refractivity contribution is 6.32. The van der Waals surface area contributed by atoms with Gasteiger partial charge in [-0.15, -0.1) is 0 Å². The molecule has 4 rings (SSSR count). The van der Waals surface area contributed by atoms with Gasteiger partial charge < -0.3 is 10.2 Å². The third-order valence-corrected chi connectivity index (χ3v) is 5.45. The van der Waals surface area contributed by atoms with Crippen molar-refractivity contribution in [3.8, 4) is 0 Å². The Morgan fingerprint density at radius 3 is 2.55 bits per heavy atom. The van der Waals surface area contributed by atoms with Crippen LogP contribution in [0.1, 0.15) is 24.0 Å². The van der Waals surface area contributed by atoms with Gasteiger partial charge in [0.05, 0.1) is 0 Å². The highest BCUT2D eigenvalue weighted by Gasteiger charge is 2.44. The lowest BCUT2D eigenvalue weighted by Gasteiger charge is -2.35. The third kappa shape index (κ3) is 2.31. The van der Waals surface area contributed by atoms with Gasteiger partial charge in [0.25, 0.3) is 0 Å². The zero-order valence-corrected chi connectivity index (χ0v) is 13.4. The van der Waals surface area contributed by atoms with Crippen molar-refractivity contribution in [3.63, 3.8) is 0 Å². The van der Waals surface area contributed by atoms with Crippen LogP contribution in [-0.2, 0) is 12.0 Å². The van der Waals surface area contributed by atoms with Gasteiger partial charge in [-0.05, 0) is 43.6 Å². The van der Waals surface area contributed by atoms with E-state index in [-0.39, 0.29) is 5.41 Å². The zero-order valence-electron chi connectivity index (χ0n) is 12.7. The van der Waals surface area contributed by atoms with E-state index in [1.54, 1.807) is 0 Å². The normalized spacial score (nSPS) is 19.4. The van der Waals surface area contributed by atoms with Crippen molar-refractivity contribution in [1.29, 1.82) is 0 Å². The molecule has 22 heavy (non-hydrogen) atoms. The molecule has 0 aromatic heterocycles. The molecule has 0 bridgehead atoms. The van der Waals surface area contributed by atoms with Gasteiger partial charge in [0.1, 0.15) is 0 Å². The Morgan fingerprint density at radius 1 is 1.00 bits per heavy atom. The summed E-state index contributed by atoms with van der Waals surface area (Å²) >= 11 is 6.61. The summed E-state index contributed by atoms with van der Waals surface area (Å²) in [6, 6.07) is 17.1. The van der Waals surface area contributed by atoms with Gasteiger partial charge in [0, 0.05) is 34.8 Å². The lowest BCUT2D eigenvalue weighted by Crippen LogP contribution is -2.43. The summed E-state index contributed by atoms with van der Waals surface area (Å²) in [7, 11) is 0. The van der Waals surface area contributed by atoms with Crippen molar-refractivity contribution in [2.24, 2.45) is 0 Å².